The third-order valence-electron chi connectivity index (χ3n) is 2.45. The summed E-state index contributed by atoms with van der Waals surface area (Å²) in [6, 6.07) is 4.26. The maximum absolute atomic E-state index is 11.0. The fourth-order valence-corrected chi connectivity index (χ4v) is 1.73. The van der Waals surface area contributed by atoms with E-state index in [-0.39, 0.29) is 17.0 Å². The molecule has 2 unspecified atom stereocenters. The van der Waals surface area contributed by atoms with Crippen LogP contribution < -0.4 is 0 Å². The summed E-state index contributed by atoms with van der Waals surface area (Å²) in [4.78, 5) is 21.5. The Kier molecular flexibility index (Phi) is 5.27. The van der Waals surface area contributed by atoms with Gasteiger partial charge in [-0.3, -0.25) is 9.59 Å². The number of aldehydes is 1. The number of esters is 1. The van der Waals surface area contributed by atoms with Crippen LogP contribution in [0.3, 0.4) is 0 Å². The molecule has 2 N–H and O–H groups in total. The molecule has 0 saturated carbocycles. The van der Waals surface area contributed by atoms with E-state index >= 15 is 0 Å². The number of halogens is 1. The third kappa shape index (κ3) is 3.53. The van der Waals surface area contributed by atoms with E-state index < -0.39 is 18.2 Å². The molecule has 0 aliphatic carbocycles. The number of rotatable bonds is 5. The lowest BCUT2D eigenvalue weighted by Crippen LogP contribution is -2.22. The fourth-order valence-electron chi connectivity index (χ4n) is 1.43. The first kappa shape index (κ1) is 14.6. The Morgan fingerprint density at radius 2 is 2.17 bits per heavy atom. The monoisotopic (exact) mass is 272 g/mol. The highest BCUT2D eigenvalue weighted by Crippen LogP contribution is 2.27. The Labute approximate surface area is 109 Å². The molecule has 5 nitrogen and oxygen atoms in total. The van der Waals surface area contributed by atoms with Crippen molar-refractivity contribution in [2.75, 3.05) is 7.11 Å². The second kappa shape index (κ2) is 6.49. The zero-order valence-corrected chi connectivity index (χ0v) is 10.4. The van der Waals surface area contributed by atoms with Gasteiger partial charge in [-0.05, 0) is 6.07 Å². The average Bonchev–Trinajstić information content (AvgIpc) is 2.37. The first-order valence-corrected chi connectivity index (χ1v) is 5.55. The molecule has 1 aromatic carbocycles. The van der Waals surface area contributed by atoms with Gasteiger partial charge in [0.25, 0.3) is 0 Å². The Morgan fingerprint density at radius 1 is 1.50 bits per heavy atom. The molecule has 0 spiro atoms. The van der Waals surface area contributed by atoms with Crippen LogP contribution in [0.25, 0.3) is 0 Å². The molecule has 0 saturated heterocycles. The summed E-state index contributed by atoms with van der Waals surface area (Å²) in [6.07, 6.45) is -2.37. The van der Waals surface area contributed by atoms with Gasteiger partial charge in [-0.1, -0.05) is 23.7 Å². The highest BCUT2D eigenvalue weighted by atomic mass is 35.5. The number of aliphatic hydroxyl groups excluding tert-OH is 2. The molecule has 98 valence electrons. The minimum Gasteiger partial charge on any atom is -0.469 e. The Balaban J connectivity index is 2.86. The van der Waals surface area contributed by atoms with Crippen molar-refractivity contribution in [2.24, 2.45) is 0 Å². The van der Waals surface area contributed by atoms with Crippen LogP contribution in [0, 0.1) is 0 Å². The van der Waals surface area contributed by atoms with Crippen molar-refractivity contribution in [3.05, 3.63) is 34.3 Å². The molecule has 0 aliphatic rings. The number of ether oxygens (including phenoxy) is 1. The smallest absolute Gasteiger partial charge is 0.308 e. The SMILES string of the molecule is COC(=O)CC(O)C(O)c1ccc(C=O)cc1Cl. The molecular formula is C12H13ClO5. The molecule has 0 aromatic heterocycles. The van der Waals surface area contributed by atoms with Crippen LogP contribution in [-0.2, 0) is 9.53 Å². The second-order valence-corrected chi connectivity index (χ2v) is 4.10. The van der Waals surface area contributed by atoms with Gasteiger partial charge < -0.3 is 14.9 Å². The van der Waals surface area contributed by atoms with Crippen molar-refractivity contribution in [3.8, 4) is 0 Å². The summed E-state index contributed by atoms with van der Waals surface area (Å²) in [7, 11) is 1.19. The predicted molar refractivity (Wildman–Crippen MR) is 64.4 cm³/mol. The van der Waals surface area contributed by atoms with Crippen LogP contribution in [0.15, 0.2) is 18.2 Å². The largest absolute Gasteiger partial charge is 0.469 e. The molecule has 1 rings (SSSR count). The van der Waals surface area contributed by atoms with E-state index in [1.807, 2.05) is 0 Å². The van der Waals surface area contributed by atoms with Gasteiger partial charge in [-0.25, -0.2) is 0 Å². The number of aliphatic hydroxyl groups is 2. The molecule has 0 heterocycles. The number of hydrogen-bond donors (Lipinski definition) is 2. The van der Waals surface area contributed by atoms with E-state index in [0.717, 1.165) is 0 Å². The maximum atomic E-state index is 11.0. The van der Waals surface area contributed by atoms with Crippen molar-refractivity contribution in [1.29, 1.82) is 0 Å². The normalized spacial score (nSPS) is 13.8. The summed E-state index contributed by atoms with van der Waals surface area (Å²) < 4.78 is 4.38. The molecule has 0 fully saturated rings. The molecular weight excluding hydrogens is 260 g/mol. The van der Waals surface area contributed by atoms with Crippen molar-refractivity contribution < 1.29 is 24.5 Å². The number of benzene rings is 1. The molecule has 0 bridgehead atoms. The maximum Gasteiger partial charge on any atom is 0.308 e. The van der Waals surface area contributed by atoms with E-state index in [1.165, 1.54) is 25.3 Å². The quantitative estimate of drug-likeness (QED) is 0.620. The van der Waals surface area contributed by atoms with Gasteiger partial charge in [0.05, 0.1) is 19.6 Å². The highest BCUT2D eigenvalue weighted by Gasteiger charge is 2.23. The van der Waals surface area contributed by atoms with Crippen LogP contribution in [0.2, 0.25) is 5.02 Å². The van der Waals surface area contributed by atoms with Gasteiger partial charge in [-0.2, -0.15) is 0 Å². The van der Waals surface area contributed by atoms with E-state index in [9.17, 15) is 19.8 Å². The summed E-state index contributed by atoms with van der Waals surface area (Å²) >= 11 is 5.87. The second-order valence-electron chi connectivity index (χ2n) is 3.69. The minimum absolute atomic E-state index is 0.149. The number of methoxy groups -OCH3 is 1. The van der Waals surface area contributed by atoms with Gasteiger partial charge in [-0.15, -0.1) is 0 Å². The van der Waals surface area contributed by atoms with Crippen LogP contribution in [0.1, 0.15) is 28.4 Å². The molecule has 0 radical (unpaired) electrons. The Hall–Kier alpha value is -1.43. The molecule has 18 heavy (non-hydrogen) atoms. The standard InChI is InChI=1S/C12H13ClO5/c1-18-11(16)5-10(15)12(17)8-3-2-7(6-14)4-9(8)13/h2-4,6,10,12,15,17H,5H2,1H3. The lowest BCUT2D eigenvalue weighted by molar-refractivity contribution is -0.144. The van der Waals surface area contributed by atoms with E-state index in [2.05, 4.69) is 4.74 Å². The fraction of sp³-hybridized carbons (Fsp3) is 0.333. The average molecular weight is 273 g/mol. The van der Waals surface area contributed by atoms with Gasteiger partial charge in [0, 0.05) is 16.1 Å². The van der Waals surface area contributed by atoms with Crippen molar-refractivity contribution in [2.45, 2.75) is 18.6 Å². The van der Waals surface area contributed by atoms with E-state index in [4.69, 9.17) is 11.6 Å². The molecule has 6 heteroatoms. The summed E-state index contributed by atoms with van der Waals surface area (Å²) in [5, 5.41) is 19.6. The Bertz CT molecular complexity index is 446. The van der Waals surface area contributed by atoms with Crippen LogP contribution in [0.5, 0.6) is 0 Å². The van der Waals surface area contributed by atoms with Crippen molar-refractivity contribution in [1.82, 2.24) is 0 Å². The molecule has 0 amide bonds. The number of hydrogen-bond acceptors (Lipinski definition) is 5. The zero-order chi connectivity index (χ0) is 13.7. The molecule has 1 aromatic rings. The highest BCUT2D eigenvalue weighted by molar-refractivity contribution is 6.31. The van der Waals surface area contributed by atoms with Gasteiger partial charge in [0.2, 0.25) is 0 Å². The molecule has 2 atom stereocenters. The minimum atomic E-state index is -1.32. The van der Waals surface area contributed by atoms with Crippen LogP contribution >= 0.6 is 11.6 Å². The summed E-state index contributed by atoms with van der Waals surface area (Å²) in [5.41, 5.74) is 0.608. The third-order valence-corrected chi connectivity index (χ3v) is 2.77. The van der Waals surface area contributed by atoms with Gasteiger partial charge in [0.1, 0.15) is 12.4 Å². The number of carbonyl (C=O) groups excluding carboxylic acids is 2. The zero-order valence-electron chi connectivity index (χ0n) is 9.67. The van der Waals surface area contributed by atoms with Crippen molar-refractivity contribution in [3.63, 3.8) is 0 Å². The van der Waals surface area contributed by atoms with Crippen LogP contribution in [0.4, 0.5) is 0 Å². The van der Waals surface area contributed by atoms with Gasteiger partial charge in [0.15, 0.2) is 0 Å². The topological polar surface area (TPSA) is 83.8 Å². The first-order chi connectivity index (χ1) is 8.49. The number of carbonyl (C=O) groups is 2. The summed E-state index contributed by atoms with van der Waals surface area (Å²) in [6.45, 7) is 0. The molecule has 0 aliphatic heterocycles. The van der Waals surface area contributed by atoms with Crippen molar-refractivity contribution >= 4 is 23.9 Å². The summed E-state index contributed by atoms with van der Waals surface area (Å²) in [5.74, 6) is -0.637. The van der Waals surface area contributed by atoms with E-state index in [1.54, 1.807) is 0 Å². The van der Waals surface area contributed by atoms with E-state index in [0.29, 0.717) is 11.8 Å². The van der Waals surface area contributed by atoms with Crippen LogP contribution in [-0.4, -0.2) is 35.7 Å². The predicted octanol–water partition coefficient (Wildman–Crippen LogP) is 1.11. The van der Waals surface area contributed by atoms with Gasteiger partial charge >= 0.3 is 5.97 Å². The lowest BCUT2D eigenvalue weighted by Gasteiger charge is -2.18. The Morgan fingerprint density at radius 3 is 2.67 bits per heavy atom. The lowest BCUT2D eigenvalue weighted by atomic mass is 10.0. The first-order valence-electron chi connectivity index (χ1n) is 5.17.